The standard InChI is InChI=1S/C28H30N6O/c35-27-21(16-20-8-2-1-3-9-20)17-22-18-30-28(32-26(22)34(27)23-10-4-5-11-23)31-25-13-12-24(19-29-25)33-14-6-7-15-33/h1-3,8-9,12-13,17-19,23H,4-7,10-11,14-16H2,(H,29,30,31,32). The van der Waals surface area contributed by atoms with Crippen LogP contribution in [0.3, 0.4) is 0 Å². The summed E-state index contributed by atoms with van der Waals surface area (Å²) in [6, 6.07) is 16.4. The van der Waals surface area contributed by atoms with E-state index in [0.717, 1.165) is 61.0 Å². The molecule has 2 aliphatic rings. The molecule has 0 bridgehead atoms. The largest absolute Gasteiger partial charge is 0.370 e. The summed E-state index contributed by atoms with van der Waals surface area (Å²) in [5, 5.41) is 4.13. The van der Waals surface area contributed by atoms with Gasteiger partial charge in [0, 0.05) is 42.7 Å². The number of rotatable bonds is 6. The number of fused-ring (bicyclic) bond motifs is 1. The lowest BCUT2D eigenvalue weighted by molar-refractivity contribution is 0.513. The van der Waals surface area contributed by atoms with Crippen molar-refractivity contribution in [3.8, 4) is 0 Å². The normalized spacial score (nSPS) is 16.3. The third-order valence-corrected chi connectivity index (χ3v) is 7.23. The summed E-state index contributed by atoms with van der Waals surface area (Å²) >= 11 is 0. The maximum absolute atomic E-state index is 13.7. The summed E-state index contributed by atoms with van der Waals surface area (Å²) in [4.78, 5) is 30.0. The van der Waals surface area contributed by atoms with Crippen LogP contribution in [0.2, 0.25) is 0 Å². The zero-order valence-corrected chi connectivity index (χ0v) is 19.9. The van der Waals surface area contributed by atoms with E-state index in [2.05, 4.69) is 38.4 Å². The van der Waals surface area contributed by atoms with Crippen molar-refractivity contribution in [2.75, 3.05) is 23.3 Å². The van der Waals surface area contributed by atoms with Crippen LogP contribution >= 0.6 is 0 Å². The highest BCUT2D eigenvalue weighted by Gasteiger charge is 2.23. The van der Waals surface area contributed by atoms with E-state index in [1.165, 1.54) is 12.8 Å². The molecule has 1 saturated heterocycles. The number of aromatic nitrogens is 4. The monoisotopic (exact) mass is 466 g/mol. The molecule has 4 aromatic rings. The van der Waals surface area contributed by atoms with Crippen LogP contribution in [-0.2, 0) is 6.42 Å². The van der Waals surface area contributed by atoms with E-state index in [1.807, 2.05) is 47.3 Å². The number of benzene rings is 1. The number of anilines is 3. The van der Waals surface area contributed by atoms with Crippen molar-refractivity contribution in [3.05, 3.63) is 82.4 Å². The zero-order valence-electron chi connectivity index (χ0n) is 19.9. The Labute approximate surface area is 204 Å². The summed E-state index contributed by atoms with van der Waals surface area (Å²) in [5.74, 6) is 1.16. The molecule has 0 spiro atoms. The van der Waals surface area contributed by atoms with Gasteiger partial charge in [-0.25, -0.2) is 9.97 Å². The van der Waals surface area contributed by atoms with E-state index in [4.69, 9.17) is 4.98 Å². The van der Waals surface area contributed by atoms with Crippen LogP contribution in [0.4, 0.5) is 17.5 Å². The molecule has 2 fully saturated rings. The molecule has 1 aliphatic carbocycles. The molecule has 178 valence electrons. The topological polar surface area (TPSA) is 75.9 Å². The molecule has 1 aromatic carbocycles. The fraction of sp³-hybridized carbons (Fsp3) is 0.357. The highest BCUT2D eigenvalue weighted by Crippen LogP contribution is 2.31. The Bertz CT molecular complexity index is 1370. The Morgan fingerprint density at radius 2 is 1.71 bits per heavy atom. The molecule has 35 heavy (non-hydrogen) atoms. The summed E-state index contributed by atoms with van der Waals surface area (Å²) in [5.41, 5.74) is 3.83. The highest BCUT2D eigenvalue weighted by molar-refractivity contribution is 5.77. The van der Waals surface area contributed by atoms with E-state index in [1.54, 1.807) is 0 Å². The second kappa shape index (κ2) is 9.49. The molecule has 1 N–H and O–H groups in total. The van der Waals surface area contributed by atoms with Crippen LogP contribution in [0, 0.1) is 0 Å². The Kier molecular flexibility index (Phi) is 5.90. The van der Waals surface area contributed by atoms with E-state index in [0.29, 0.717) is 23.8 Å². The SMILES string of the molecule is O=c1c(Cc2ccccc2)cc2cnc(Nc3ccc(N4CCCC4)cn3)nc2n1C1CCCC1. The molecule has 0 radical (unpaired) electrons. The van der Waals surface area contributed by atoms with Gasteiger partial charge in [0.1, 0.15) is 11.5 Å². The lowest BCUT2D eigenvalue weighted by atomic mass is 10.0. The second-order valence-electron chi connectivity index (χ2n) is 9.64. The van der Waals surface area contributed by atoms with Crippen LogP contribution in [0.1, 0.15) is 55.7 Å². The third-order valence-electron chi connectivity index (χ3n) is 7.23. The number of hydrogen-bond donors (Lipinski definition) is 1. The number of nitrogens with one attached hydrogen (secondary N) is 1. The van der Waals surface area contributed by atoms with Crippen molar-refractivity contribution in [2.24, 2.45) is 0 Å². The van der Waals surface area contributed by atoms with Gasteiger partial charge in [0.25, 0.3) is 5.56 Å². The van der Waals surface area contributed by atoms with Gasteiger partial charge in [-0.05, 0) is 49.4 Å². The summed E-state index contributed by atoms with van der Waals surface area (Å²) in [7, 11) is 0. The number of nitrogens with zero attached hydrogens (tertiary/aromatic N) is 5. The lowest BCUT2D eigenvalue weighted by Gasteiger charge is -2.19. The van der Waals surface area contributed by atoms with Crippen molar-refractivity contribution in [1.82, 2.24) is 19.5 Å². The molecular weight excluding hydrogens is 436 g/mol. The minimum absolute atomic E-state index is 0.0611. The van der Waals surface area contributed by atoms with Crippen molar-refractivity contribution >= 4 is 28.5 Å². The van der Waals surface area contributed by atoms with Crippen molar-refractivity contribution in [2.45, 2.75) is 51.0 Å². The molecule has 1 aliphatic heterocycles. The van der Waals surface area contributed by atoms with Gasteiger partial charge in [-0.3, -0.25) is 9.36 Å². The quantitative estimate of drug-likeness (QED) is 0.419. The first-order chi connectivity index (χ1) is 17.2. The van der Waals surface area contributed by atoms with Crippen molar-refractivity contribution in [3.63, 3.8) is 0 Å². The summed E-state index contributed by atoms with van der Waals surface area (Å²) < 4.78 is 1.93. The summed E-state index contributed by atoms with van der Waals surface area (Å²) in [6.45, 7) is 2.18. The van der Waals surface area contributed by atoms with Gasteiger partial charge in [0.2, 0.25) is 5.95 Å². The van der Waals surface area contributed by atoms with E-state index < -0.39 is 0 Å². The zero-order chi connectivity index (χ0) is 23.6. The van der Waals surface area contributed by atoms with Gasteiger partial charge in [0.05, 0.1) is 11.9 Å². The predicted molar refractivity (Wildman–Crippen MR) is 140 cm³/mol. The second-order valence-corrected chi connectivity index (χ2v) is 9.64. The Balaban J connectivity index is 1.34. The van der Waals surface area contributed by atoms with E-state index in [9.17, 15) is 4.79 Å². The van der Waals surface area contributed by atoms with E-state index >= 15 is 0 Å². The van der Waals surface area contributed by atoms with Crippen LogP contribution < -0.4 is 15.8 Å². The van der Waals surface area contributed by atoms with Crippen LogP contribution in [-0.4, -0.2) is 32.6 Å². The maximum Gasteiger partial charge on any atom is 0.256 e. The molecular formula is C28H30N6O. The molecule has 6 rings (SSSR count). The molecule has 0 amide bonds. The molecule has 7 heteroatoms. The Morgan fingerprint density at radius 3 is 2.46 bits per heavy atom. The average molecular weight is 467 g/mol. The predicted octanol–water partition coefficient (Wildman–Crippen LogP) is 5.24. The number of hydrogen-bond acceptors (Lipinski definition) is 6. The molecule has 0 unspecified atom stereocenters. The average Bonchev–Trinajstić information content (AvgIpc) is 3.61. The molecule has 3 aromatic heterocycles. The minimum Gasteiger partial charge on any atom is -0.370 e. The fourth-order valence-corrected chi connectivity index (χ4v) is 5.42. The first-order valence-electron chi connectivity index (χ1n) is 12.7. The Hall–Kier alpha value is -3.74. The number of pyridine rings is 2. The molecule has 0 atom stereocenters. The van der Waals surface area contributed by atoms with Gasteiger partial charge in [0.15, 0.2) is 0 Å². The van der Waals surface area contributed by atoms with Crippen LogP contribution in [0.15, 0.2) is 65.7 Å². The smallest absolute Gasteiger partial charge is 0.256 e. The first-order valence-corrected chi connectivity index (χ1v) is 12.7. The summed E-state index contributed by atoms with van der Waals surface area (Å²) in [6.07, 6.45) is 11.1. The molecule has 7 nitrogen and oxygen atoms in total. The van der Waals surface area contributed by atoms with Gasteiger partial charge < -0.3 is 10.2 Å². The fourth-order valence-electron chi connectivity index (χ4n) is 5.42. The lowest BCUT2D eigenvalue weighted by Crippen LogP contribution is -2.28. The highest BCUT2D eigenvalue weighted by atomic mass is 16.1. The van der Waals surface area contributed by atoms with Gasteiger partial charge >= 0.3 is 0 Å². The molecule has 1 saturated carbocycles. The maximum atomic E-state index is 13.7. The van der Waals surface area contributed by atoms with Crippen LogP contribution in [0.25, 0.3) is 11.0 Å². The Morgan fingerprint density at radius 1 is 0.914 bits per heavy atom. The van der Waals surface area contributed by atoms with Gasteiger partial charge in [-0.15, -0.1) is 0 Å². The van der Waals surface area contributed by atoms with Gasteiger partial charge in [-0.1, -0.05) is 43.2 Å². The first kappa shape index (κ1) is 21.8. The minimum atomic E-state index is 0.0611. The van der Waals surface area contributed by atoms with Crippen molar-refractivity contribution in [1.29, 1.82) is 0 Å². The third kappa shape index (κ3) is 4.50. The van der Waals surface area contributed by atoms with Gasteiger partial charge in [-0.2, -0.15) is 4.98 Å². The molecule has 4 heterocycles. The van der Waals surface area contributed by atoms with Crippen LogP contribution in [0.5, 0.6) is 0 Å². The van der Waals surface area contributed by atoms with E-state index in [-0.39, 0.29) is 11.6 Å². The van der Waals surface area contributed by atoms with Crippen molar-refractivity contribution < 1.29 is 0 Å².